The van der Waals surface area contributed by atoms with Crippen molar-refractivity contribution in [3.05, 3.63) is 0 Å². The minimum Gasteiger partial charge on any atom is -0.480 e. The molecule has 0 aromatic carbocycles. The first-order valence-electron chi connectivity index (χ1n) is 12.5. The van der Waals surface area contributed by atoms with Gasteiger partial charge in [-0.1, -0.05) is 0 Å². The second-order valence-electron chi connectivity index (χ2n) is 10.7. The molecule has 0 radical (unpaired) electrons. The molecule has 194 valence electrons. The zero-order valence-electron chi connectivity index (χ0n) is 19.8. The van der Waals surface area contributed by atoms with Crippen LogP contribution in [0.15, 0.2) is 0 Å². The van der Waals surface area contributed by atoms with Gasteiger partial charge in [0, 0.05) is 36.6 Å². The SMILES string of the molecule is CC1CC(C(=O)O)N(CCNC23CCC(NC(=O)COC4CCC(Cl)C(F)C4)(CC2)C[C@@H]3O)N1. The molecule has 0 aromatic rings. The summed E-state index contributed by atoms with van der Waals surface area (Å²) in [6.45, 7) is 2.95. The summed E-state index contributed by atoms with van der Waals surface area (Å²) in [4.78, 5) is 24.1. The number of carbonyl (C=O) groups excluding carboxylic acids is 1. The molecule has 9 nitrogen and oxygen atoms in total. The number of alkyl halides is 2. The lowest BCUT2D eigenvalue weighted by atomic mass is 9.60. The fraction of sp³-hybridized carbons (Fsp3) is 0.913. The van der Waals surface area contributed by atoms with E-state index in [1.807, 2.05) is 6.92 Å². The van der Waals surface area contributed by atoms with Crippen LogP contribution in [0.2, 0.25) is 0 Å². The number of carbonyl (C=O) groups is 2. The van der Waals surface area contributed by atoms with Gasteiger partial charge in [-0.25, -0.2) is 9.40 Å². The number of rotatable bonds is 9. The van der Waals surface area contributed by atoms with Crippen molar-refractivity contribution in [1.82, 2.24) is 21.1 Å². The lowest BCUT2D eigenvalue weighted by Gasteiger charge is -2.56. The molecule has 1 amide bonds. The predicted molar refractivity (Wildman–Crippen MR) is 124 cm³/mol. The zero-order valence-corrected chi connectivity index (χ0v) is 20.5. The number of hydrazine groups is 1. The average Bonchev–Trinajstić information content (AvgIpc) is 3.16. The smallest absolute Gasteiger partial charge is 0.322 e. The predicted octanol–water partition coefficient (Wildman–Crippen LogP) is 1.08. The van der Waals surface area contributed by atoms with Crippen LogP contribution in [0.3, 0.4) is 0 Å². The number of carboxylic acid groups (broad SMARTS) is 1. The Morgan fingerprint density at radius 1 is 1.24 bits per heavy atom. The van der Waals surface area contributed by atoms with Crippen LogP contribution in [0, 0.1) is 0 Å². The Balaban J connectivity index is 1.22. The number of hydrogen-bond donors (Lipinski definition) is 5. The summed E-state index contributed by atoms with van der Waals surface area (Å²) in [7, 11) is 0. The fourth-order valence-electron chi connectivity index (χ4n) is 6.24. The number of halogens is 2. The number of amides is 1. The number of fused-ring (bicyclic) bond motifs is 3. The lowest BCUT2D eigenvalue weighted by molar-refractivity contribution is -0.143. The van der Waals surface area contributed by atoms with E-state index in [1.165, 1.54) is 0 Å². The van der Waals surface area contributed by atoms with Gasteiger partial charge in [-0.15, -0.1) is 11.6 Å². The van der Waals surface area contributed by atoms with E-state index in [9.17, 15) is 24.2 Å². The van der Waals surface area contributed by atoms with Crippen LogP contribution in [0.1, 0.15) is 64.7 Å². The highest BCUT2D eigenvalue weighted by molar-refractivity contribution is 6.21. The second kappa shape index (κ2) is 10.5. The molecule has 4 aliphatic carbocycles. The van der Waals surface area contributed by atoms with Crippen molar-refractivity contribution < 1.29 is 28.9 Å². The van der Waals surface area contributed by atoms with E-state index in [-0.39, 0.29) is 31.1 Å². The number of aliphatic hydroxyl groups is 1. The van der Waals surface area contributed by atoms with Gasteiger partial charge in [0.25, 0.3) is 0 Å². The molecule has 5 fully saturated rings. The number of aliphatic carboxylic acids is 1. The van der Waals surface area contributed by atoms with Gasteiger partial charge < -0.3 is 25.6 Å². The first-order chi connectivity index (χ1) is 16.1. The first-order valence-corrected chi connectivity index (χ1v) is 12.9. The molecule has 1 aliphatic heterocycles. The minimum absolute atomic E-state index is 0.114. The summed E-state index contributed by atoms with van der Waals surface area (Å²) >= 11 is 5.91. The minimum atomic E-state index is -1.10. The molecule has 2 bridgehead atoms. The van der Waals surface area contributed by atoms with Crippen LogP contribution in [0.5, 0.6) is 0 Å². The number of nitrogens with one attached hydrogen (secondary N) is 3. The van der Waals surface area contributed by atoms with Crippen LogP contribution in [-0.2, 0) is 14.3 Å². The molecule has 5 rings (SSSR count). The summed E-state index contributed by atoms with van der Waals surface area (Å²) in [6.07, 6.45) is 3.41. The van der Waals surface area contributed by atoms with Gasteiger partial charge in [-0.05, 0) is 58.3 Å². The second-order valence-corrected chi connectivity index (χ2v) is 11.3. The summed E-state index contributed by atoms with van der Waals surface area (Å²) in [5.41, 5.74) is 2.35. The number of nitrogens with zero attached hydrogens (tertiary/aromatic N) is 1. The van der Waals surface area contributed by atoms with Gasteiger partial charge in [0.05, 0.1) is 17.6 Å². The Labute approximate surface area is 205 Å². The highest BCUT2D eigenvalue weighted by Gasteiger charge is 2.54. The topological polar surface area (TPSA) is 123 Å². The van der Waals surface area contributed by atoms with E-state index in [2.05, 4.69) is 16.1 Å². The standard InChI is InChI=1S/C23H38ClFN4O5/c1-14-10-18(21(32)33)29(28-14)9-8-26-23-6-4-22(5-7-23,12-19(23)30)27-20(31)13-34-15-2-3-16(24)17(25)11-15/h14-19,26,28,30H,2-13H2,1H3,(H,27,31)(H,32,33)/t14?,15?,16?,17?,18?,19-,22?,23?/m0/s1. The van der Waals surface area contributed by atoms with Crippen molar-refractivity contribution in [2.75, 3.05) is 19.7 Å². The van der Waals surface area contributed by atoms with Crippen molar-refractivity contribution in [2.45, 2.75) is 112 Å². The van der Waals surface area contributed by atoms with Crippen LogP contribution in [0.4, 0.5) is 4.39 Å². The molecule has 1 saturated heterocycles. The highest BCUT2D eigenvalue weighted by Crippen LogP contribution is 2.47. The van der Waals surface area contributed by atoms with E-state index in [0.717, 1.165) is 25.7 Å². The number of aliphatic hydroxyl groups excluding tert-OH is 1. The van der Waals surface area contributed by atoms with Crippen LogP contribution < -0.4 is 16.1 Å². The maximum Gasteiger partial charge on any atom is 0.322 e. The molecule has 5 aliphatic rings. The molecule has 6 atom stereocenters. The number of hydrogen-bond acceptors (Lipinski definition) is 7. The summed E-state index contributed by atoms with van der Waals surface area (Å²) < 4.78 is 19.4. The Kier molecular flexibility index (Phi) is 8.06. The van der Waals surface area contributed by atoms with Crippen molar-refractivity contribution in [3.63, 3.8) is 0 Å². The molecule has 0 aromatic heterocycles. The third-order valence-electron chi connectivity index (χ3n) is 8.28. The van der Waals surface area contributed by atoms with Crippen molar-refractivity contribution in [2.24, 2.45) is 0 Å². The fourth-order valence-corrected chi connectivity index (χ4v) is 6.46. The number of carboxylic acids is 1. The molecule has 34 heavy (non-hydrogen) atoms. The van der Waals surface area contributed by atoms with E-state index in [4.69, 9.17) is 16.3 Å². The molecular weight excluding hydrogens is 467 g/mol. The lowest BCUT2D eigenvalue weighted by Crippen LogP contribution is -2.70. The van der Waals surface area contributed by atoms with Gasteiger partial charge in [-0.3, -0.25) is 15.0 Å². The zero-order chi connectivity index (χ0) is 24.5. The molecule has 5 N–H and O–H groups in total. The van der Waals surface area contributed by atoms with Gasteiger partial charge in [0.1, 0.15) is 18.8 Å². The van der Waals surface area contributed by atoms with Crippen molar-refractivity contribution in [3.8, 4) is 0 Å². The molecule has 0 spiro atoms. The molecule has 1 heterocycles. The molecular formula is C23H38ClFN4O5. The van der Waals surface area contributed by atoms with E-state index >= 15 is 0 Å². The normalized spacial score (nSPS) is 42.6. The van der Waals surface area contributed by atoms with Crippen molar-refractivity contribution >= 4 is 23.5 Å². The van der Waals surface area contributed by atoms with Crippen LogP contribution in [0.25, 0.3) is 0 Å². The maximum atomic E-state index is 13.8. The Hall–Kier alpha value is -1.04. The molecule has 5 unspecified atom stereocenters. The summed E-state index contributed by atoms with van der Waals surface area (Å²) in [5.74, 6) is -1.06. The number of ether oxygens (including phenoxy) is 1. The van der Waals surface area contributed by atoms with E-state index in [0.29, 0.717) is 38.8 Å². The van der Waals surface area contributed by atoms with Crippen molar-refractivity contribution in [1.29, 1.82) is 0 Å². The summed E-state index contributed by atoms with van der Waals surface area (Å²) in [6, 6.07) is -0.418. The third-order valence-corrected chi connectivity index (χ3v) is 8.77. The Bertz CT molecular complexity index is 753. The maximum absolute atomic E-state index is 13.8. The third kappa shape index (κ3) is 5.68. The Morgan fingerprint density at radius 3 is 2.62 bits per heavy atom. The quantitative estimate of drug-likeness (QED) is 0.296. The average molecular weight is 505 g/mol. The first kappa shape index (κ1) is 26.0. The largest absolute Gasteiger partial charge is 0.480 e. The highest BCUT2D eigenvalue weighted by atomic mass is 35.5. The van der Waals surface area contributed by atoms with E-state index in [1.54, 1.807) is 5.01 Å². The van der Waals surface area contributed by atoms with Crippen LogP contribution in [-0.4, -0.2) is 93.7 Å². The van der Waals surface area contributed by atoms with Crippen LogP contribution >= 0.6 is 11.6 Å². The van der Waals surface area contributed by atoms with E-state index < -0.39 is 40.7 Å². The van der Waals surface area contributed by atoms with Gasteiger partial charge in [-0.2, -0.15) is 0 Å². The monoisotopic (exact) mass is 504 g/mol. The summed E-state index contributed by atoms with van der Waals surface area (Å²) in [5, 5.41) is 28.3. The molecule has 11 heteroatoms. The Morgan fingerprint density at radius 2 is 1.97 bits per heavy atom. The van der Waals surface area contributed by atoms with Gasteiger partial charge >= 0.3 is 5.97 Å². The van der Waals surface area contributed by atoms with Gasteiger partial charge in [0.15, 0.2) is 0 Å². The molecule has 4 saturated carbocycles. The van der Waals surface area contributed by atoms with Gasteiger partial charge in [0.2, 0.25) is 5.91 Å².